The molecule has 1 amide bonds. The molecule has 1 unspecified atom stereocenters. The van der Waals surface area contributed by atoms with Gasteiger partial charge in [0.05, 0.1) is 11.3 Å². The molecule has 8 nitrogen and oxygen atoms in total. The number of hydrogen-bond donors (Lipinski definition) is 0. The van der Waals surface area contributed by atoms with Crippen LogP contribution in [0.3, 0.4) is 0 Å². The lowest BCUT2D eigenvalue weighted by molar-refractivity contribution is -0.137. The van der Waals surface area contributed by atoms with Gasteiger partial charge in [-0.1, -0.05) is 0 Å². The predicted molar refractivity (Wildman–Crippen MR) is 104 cm³/mol. The Hall–Kier alpha value is -3.50. The summed E-state index contributed by atoms with van der Waals surface area (Å²) in [6.45, 7) is 2.64. The summed E-state index contributed by atoms with van der Waals surface area (Å²) in [4.78, 5) is 19.3. The van der Waals surface area contributed by atoms with Crippen molar-refractivity contribution < 1.29 is 18.0 Å². The fourth-order valence-electron chi connectivity index (χ4n) is 4.13. The maximum atomic E-state index is 13.3. The van der Waals surface area contributed by atoms with E-state index in [4.69, 9.17) is 0 Å². The molecule has 1 atom stereocenters. The fraction of sp³-hybridized carbons (Fsp3) is 0.350. The van der Waals surface area contributed by atoms with Gasteiger partial charge in [0, 0.05) is 37.6 Å². The van der Waals surface area contributed by atoms with E-state index in [-0.39, 0.29) is 11.8 Å². The number of hydrogen-bond acceptors (Lipinski definition) is 5. The Morgan fingerprint density at radius 2 is 2.06 bits per heavy atom. The zero-order chi connectivity index (χ0) is 21.8. The van der Waals surface area contributed by atoms with E-state index in [0.717, 1.165) is 12.3 Å². The van der Waals surface area contributed by atoms with Crippen LogP contribution in [0.15, 0.2) is 36.8 Å². The predicted octanol–water partition coefficient (Wildman–Crippen LogP) is 3.12. The first-order valence-corrected chi connectivity index (χ1v) is 9.84. The van der Waals surface area contributed by atoms with E-state index in [2.05, 4.69) is 20.3 Å². The third-order valence-corrected chi connectivity index (χ3v) is 5.61. The fourth-order valence-corrected chi connectivity index (χ4v) is 4.13. The monoisotopic (exact) mass is 429 g/mol. The Balaban J connectivity index is 1.47. The lowest BCUT2D eigenvalue weighted by Crippen LogP contribution is -2.39. The average molecular weight is 429 g/mol. The second-order valence-corrected chi connectivity index (χ2v) is 7.64. The van der Waals surface area contributed by atoms with Crippen LogP contribution in [-0.4, -0.2) is 53.1 Å². The molecule has 0 radical (unpaired) electrons. The largest absolute Gasteiger partial charge is 0.417 e. The number of pyridine rings is 1. The molecule has 5 heterocycles. The van der Waals surface area contributed by atoms with Crippen molar-refractivity contribution in [2.75, 3.05) is 13.1 Å². The quantitative estimate of drug-likeness (QED) is 0.489. The van der Waals surface area contributed by atoms with E-state index < -0.39 is 11.7 Å². The average Bonchev–Trinajstić information content (AvgIpc) is 3.32. The molecule has 1 fully saturated rings. The first-order valence-electron chi connectivity index (χ1n) is 9.84. The molecule has 1 aliphatic rings. The number of amides is 1. The van der Waals surface area contributed by atoms with Gasteiger partial charge in [0.15, 0.2) is 11.3 Å². The van der Waals surface area contributed by atoms with Gasteiger partial charge in [-0.05, 0) is 38.0 Å². The Labute approximate surface area is 174 Å². The molecule has 1 saturated heterocycles. The number of rotatable bonds is 2. The summed E-state index contributed by atoms with van der Waals surface area (Å²) in [5.74, 6) is 0.000278. The molecule has 0 aliphatic carbocycles. The highest BCUT2D eigenvalue weighted by atomic mass is 19.4. The van der Waals surface area contributed by atoms with Gasteiger partial charge in [-0.3, -0.25) is 9.20 Å². The Kier molecular flexibility index (Phi) is 4.42. The standard InChI is InChI=1S/C20H18F3N7O/c1-12-16(18-24-7-3-9-30(18)27-12)19(31)28-8-2-4-13(10-28)17-26-25-15-6-5-14(11-29(15)17)20(21,22)23/h3,5-7,9,11,13H,2,4,8,10H2,1H3. The van der Waals surface area contributed by atoms with Gasteiger partial charge in [-0.25, -0.2) is 9.50 Å². The van der Waals surface area contributed by atoms with Crippen molar-refractivity contribution in [3.8, 4) is 0 Å². The number of carbonyl (C=O) groups excluding carboxylic acids is 1. The number of fused-ring (bicyclic) bond motifs is 2. The summed E-state index contributed by atoms with van der Waals surface area (Å²) in [7, 11) is 0. The molecule has 31 heavy (non-hydrogen) atoms. The van der Waals surface area contributed by atoms with Crippen molar-refractivity contribution in [1.29, 1.82) is 0 Å². The van der Waals surface area contributed by atoms with Crippen LogP contribution in [0.25, 0.3) is 11.3 Å². The molecule has 5 rings (SSSR count). The van der Waals surface area contributed by atoms with Gasteiger partial charge in [0.25, 0.3) is 5.91 Å². The maximum absolute atomic E-state index is 13.3. The van der Waals surface area contributed by atoms with E-state index in [1.807, 2.05) is 0 Å². The molecule has 0 N–H and O–H groups in total. The Morgan fingerprint density at radius 3 is 2.87 bits per heavy atom. The summed E-state index contributed by atoms with van der Waals surface area (Å²) in [6, 6.07) is 4.03. The Morgan fingerprint density at radius 1 is 1.23 bits per heavy atom. The van der Waals surface area contributed by atoms with E-state index in [0.29, 0.717) is 54.3 Å². The summed E-state index contributed by atoms with van der Waals surface area (Å²) in [6.07, 6.45) is 1.30. The van der Waals surface area contributed by atoms with Crippen molar-refractivity contribution in [1.82, 2.24) is 34.1 Å². The van der Waals surface area contributed by atoms with Crippen molar-refractivity contribution in [3.63, 3.8) is 0 Å². The number of halogens is 3. The highest BCUT2D eigenvalue weighted by Crippen LogP contribution is 2.32. The lowest BCUT2D eigenvalue weighted by Gasteiger charge is -2.32. The van der Waals surface area contributed by atoms with Gasteiger partial charge in [-0.15, -0.1) is 10.2 Å². The topological polar surface area (TPSA) is 80.7 Å². The highest BCUT2D eigenvalue weighted by Gasteiger charge is 2.33. The molecular formula is C20H18F3N7O. The number of nitrogens with zero attached hydrogens (tertiary/aromatic N) is 7. The molecule has 1 aliphatic heterocycles. The van der Waals surface area contributed by atoms with Crippen LogP contribution in [0.4, 0.5) is 13.2 Å². The van der Waals surface area contributed by atoms with E-state index in [1.54, 1.807) is 34.8 Å². The minimum absolute atomic E-state index is 0.194. The second-order valence-electron chi connectivity index (χ2n) is 7.64. The molecule has 0 aromatic carbocycles. The third-order valence-electron chi connectivity index (χ3n) is 5.61. The second kappa shape index (κ2) is 7.03. The maximum Gasteiger partial charge on any atom is 0.417 e. The zero-order valence-electron chi connectivity index (χ0n) is 16.5. The Bertz CT molecular complexity index is 1290. The lowest BCUT2D eigenvalue weighted by atomic mass is 9.96. The van der Waals surface area contributed by atoms with Crippen LogP contribution < -0.4 is 0 Å². The van der Waals surface area contributed by atoms with Crippen LogP contribution >= 0.6 is 0 Å². The number of aromatic nitrogens is 6. The summed E-state index contributed by atoms with van der Waals surface area (Å²) in [5, 5.41) is 12.5. The zero-order valence-corrected chi connectivity index (χ0v) is 16.5. The van der Waals surface area contributed by atoms with Crippen LogP contribution in [0.2, 0.25) is 0 Å². The molecule has 160 valence electrons. The molecule has 4 aromatic heterocycles. The SMILES string of the molecule is Cc1nn2cccnc2c1C(=O)N1CCCC(c2nnc3ccc(C(F)(F)F)cn23)C1. The highest BCUT2D eigenvalue weighted by molar-refractivity contribution is 6.01. The van der Waals surface area contributed by atoms with Gasteiger partial charge in [-0.2, -0.15) is 18.3 Å². The summed E-state index contributed by atoms with van der Waals surface area (Å²) < 4.78 is 42.4. The number of aryl methyl sites for hydroxylation is 1. The summed E-state index contributed by atoms with van der Waals surface area (Å²) in [5.41, 5.74) is 1.07. The molecular weight excluding hydrogens is 411 g/mol. The van der Waals surface area contributed by atoms with Crippen LogP contribution in [0.1, 0.15) is 46.2 Å². The first-order chi connectivity index (χ1) is 14.8. The van der Waals surface area contributed by atoms with Crippen molar-refractivity contribution in [2.45, 2.75) is 31.9 Å². The number of piperidine rings is 1. The first kappa shape index (κ1) is 19.5. The van der Waals surface area contributed by atoms with E-state index >= 15 is 0 Å². The van der Waals surface area contributed by atoms with Gasteiger partial charge in [0.1, 0.15) is 11.4 Å². The number of alkyl halides is 3. The molecule has 0 saturated carbocycles. The van der Waals surface area contributed by atoms with Crippen LogP contribution in [-0.2, 0) is 6.18 Å². The van der Waals surface area contributed by atoms with Crippen LogP contribution in [0.5, 0.6) is 0 Å². The van der Waals surface area contributed by atoms with Crippen LogP contribution in [0, 0.1) is 6.92 Å². The van der Waals surface area contributed by atoms with Crippen molar-refractivity contribution in [2.24, 2.45) is 0 Å². The molecule has 11 heteroatoms. The third kappa shape index (κ3) is 3.29. The van der Waals surface area contributed by atoms with Gasteiger partial charge >= 0.3 is 6.18 Å². The smallest absolute Gasteiger partial charge is 0.338 e. The molecule has 4 aromatic rings. The van der Waals surface area contributed by atoms with E-state index in [1.165, 1.54) is 10.5 Å². The molecule has 0 spiro atoms. The van der Waals surface area contributed by atoms with Gasteiger partial charge in [0.2, 0.25) is 0 Å². The van der Waals surface area contributed by atoms with Gasteiger partial charge < -0.3 is 4.90 Å². The number of likely N-dealkylation sites (tertiary alicyclic amines) is 1. The van der Waals surface area contributed by atoms with Crippen molar-refractivity contribution >= 4 is 17.2 Å². The number of carbonyl (C=O) groups is 1. The minimum Gasteiger partial charge on any atom is -0.338 e. The molecule has 0 bridgehead atoms. The van der Waals surface area contributed by atoms with Crippen molar-refractivity contribution in [3.05, 3.63) is 59.4 Å². The summed E-state index contributed by atoms with van der Waals surface area (Å²) >= 11 is 0. The normalized spacial score (nSPS) is 17.5. The van der Waals surface area contributed by atoms with E-state index in [9.17, 15) is 18.0 Å². The minimum atomic E-state index is -4.46.